The molecule has 6 heteroatoms. The zero-order valence-corrected chi connectivity index (χ0v) is 7.90. The first-order valence-electron chi connectivity index (χ1n) is 3.62. The van der Waals surface area contributed by atoms with E-state index in [1.165, 1.54) is 18.2 Å². The van der Waals surface area contributed by atoms with Gasteiger partial charge in [-0.1, -0.05) is 18.2 Å². The van der Waals surface area contributed by atoms with Crippen LogP contribution in [0.5, 0.6) is 0 Å². The number of hydrogen-bond donors (Lipinski definition) is 3. The lowest BCUT2D eigenvalue weighted by Gasteiger charge is -1.95. The van der Waals surface area contributed by atoms with Crippen LogP contribution in [0, 0.1) is 0 Å². The lowest BCUT2D eigenvalue weighted by molar-refractivity contribution is 0.507. The zero-order chi connectivity index (χ0) is 10.8. The van der Waals surface area contributed by atoms with Crippen molar-refractivity contribution in [1.82, 2.24) is 0 Å². The Kier molecular flexibility index (Phi) is 2.78. The molecule has 0 saturated carbocycles. The summed E-state index contributed by atoms with van der Waals surface area (Å²) in [4.78, 5) is 0. The van der Waals surface area contributed by atoms with Gasteiger partial charge in [0.1, 0.15) is 0 Å². The molecule has 0 aliphatic heterocycles. The van der Waals surface area contributed by atoms with Crippen LogP contribution in [-0.2, 0) is 10.0 Å². The molecule has 1 aromatic rings. The fourth-order valence-corrected chi connectivity index (χ4v) is 1.45. The molecule has 0 aliphatic rings. The molecule has 0 aromatic heterocycles. The smallest absolute Gasteiger partial charge is 0.271 e. The highest BCUT2D eigenvalue weighted by molar-refractivity contribution is 7.97. The third kappa shape index (κ3) is 2.04. The number of primary sulfonamides is 1. The van der Waals surface area contributed by atoms with Gasteiger partial charge in [-0.05, 0) is 6.07 Å². The number of hydrogen-bond acceptors (Lipinski definition) is 4. The zero-order valence-electron chi connectivity index (χ0n) is 7.08. The number of sulfonamides is 1. The van der Waals surface area contributed by atoms with E-state index < -0.39 is 15.1 Å². The molecule has 0 atom stereocenters. The molecule has 0 spiro atoms. The Morgan fingerprint density at radius 1 is 1.36 bits per heavy atom. The second-order valence-electron chi connectivity index (χ2n) is 2.57. The van der Waals surface area contributed by atoms with Crippen molar-refractivity contribution in [3.05, 3.63) is 34.7 Å². The Balaban J connectivity index is 3.79. The molecule has 4 N–H and O–H groups in total. The molecule has 76 valence electrons. The molecule has 0 amide bonds. The summed E-state index contributed by atoms with van der Waals surface area (Å²) in [6, 6.07) is 5.88. The molecular formula is C8H9NO4S. The Bertz CT molecular complexity index is 547. The van der Waals surface area contributed by atoms with Crippen LogP contribution in [0.25, 0.3) is 11.4 Å². The minimum Gasteiger partial charge on any atom is -0.515 e. The Morgan fingerprint density at radius 3 is 2.43 bits per heavy atom. The Morgan fingerprint density at radius 2 is 1.93 bits per heavy atom. The predicted molar refractivity (Wildman–Crippen MR) is 51.9 cm³/mol. The first kappa shape index (κ1) is 10.6. The number of benzene rings is 1. The number of nitrogens with two attached hydrogens (primary N) is 1. The van der Waals surface area contributed by atoms with Gasteiger partial charge in [0, 0.05) is 10.4 Å². The summed E-state index contributed by atoms with van der Waals surface area (Å²) in [5.74, 6) is 0. The average molecular weight is 215 g/mol. The molecular weight excluding hydrogens is 206 g/mol. The van der Waals surface area contributed by atoms with E-state index in [1.807, 2.05) is 0 Å². The topological polar surface area (TPSA) is 101 Å². The van der Waals surface area contributed by atoms with E-state index in [2.05, 4.69) is 0 Å². The van der Waals surface area contributed by atoms with Gasteiger partial charge in [0.05, 0.1) is 6.26 Å². The maximum Gasteiger partial charge on any atom is 0.271 e. The number of rotatable bonds is 1. The monoisotopic (exact) mass is 215 g/mol. The van der Waals surface area contributed by atoms with Gasteiger partial charge in [0.2, 0.25) is 5.09 Å². The molecule has 5 nitrogen and oxygen atoms in total. The SMILES string of the molecule is NS(=O)(=O)C(O)=c1ccccc1=CO. The van der Waals surface area contributed by atoms with Gasteiger partial charge in [0.15, 0.2) is 0 Å². The molecule has 1 aromatic carbocycles. The van der Waals surface area contributed by atoms with Crippen LogP contribution in [0.2, 0.25) is 0 Å². The average Bonchev–Trinajstić information content (AvgIpc) is 2.15. The summed E-state index contributed by atoms with van der Waals surface area (Å²) in [6.07, 6.45) is 0.691. The highest BCUT2D eigenvalue weighted by Crippen LogP contribution is 1.91. The molecule has 0 saturated heterocycles. The summed E-state index contributed by atoms with van der Waals surface area (Å²) in [6.45, 7) is 0. The van der Waals surface area contributed by atoms with E-state index in [9.17, 15) is 13.5 Å². The lowest BCUT2D eigenvalue weighted by atomic mass is 10.2. The van der Waals surface area contributed by atoms with Crippen LogP contribution in [0.1, 0.15) is 0 Å². The number of aliphatic hydroxyl groups excluding tert-OH is 2. The van der Waals surface area contributed by atoms with Crippen LogP contribution < -0.4 is 15.6 Å². The third-order valence-corrected chi connectivity index (χ3v) is 2.36. The first-order valence-corrected chi connectivity index (χ1v) is 5.17. The van der Waals surface area contributed by atoms with E-state index >= 15 is 0 Å². The van der Waals surface area contributed by atoms with Crippen molar-refractivity contribution in [2.24, 2.45) is 5.14 Å². The van der Waals surface area contributed by atoms with Crippen molar-refractivity contribution < 1.29 is 18.6 Å². The molecule has 0 unspecified atom stereocenters. The van der Waals surface area contributed by atoms with E-state index in [-0.39, 0.29) is 10.4 Å². The van der Waals surface area contributed by atoms with Gasteiger partial charge < -0.3 is 10.2 Å². The standard InChI is InChI=1S/C8H9NO4S/c9-14(12,13)8(11)7-4-2-1-3-6(7)5-10/h1-5,10-11H,(H2,9,12,13). The molecule has 0 aliphatic carbocycles. The molecule has 0 radical (unpaired) electrons. The fraction of sp³-hybridized carbons (Fsp3) is 0. The second-order valence-corrected chi connectivity index (χ2v) is 4.04. The number of aliphatic hydroxyl groups is 2. The maximum atomic E-state index is 10.8. The van der Waals surface area contributed by atoms with Crippen LogP contribution in [0.15, 0.2) is 24.3 Å². The van der Waals surface area contributed by atoms with Crippen LogP contribution in [-0.4, -0.2) is 18.6 Å². The minimum atomic E-state index is -4.15. The highest BCUT2D eigenvalue weighted by Gasteiger charge is 2.10. The fourth-order valence-electron chi connectivity index (χ4n) is 0.958. The van der Waals surface area contributed by atoms with Crippen LogP contribution in [0.3, 0.4) is 0 Å². The van der Waals surface area contributed by atoms with E-state index in [1.54, 1.807) is 6.07 Å². The third-order valence-electron chi connectivity index (χ3n) is 1.60. The summed E-state index contributed by atoms with van der Waals surface area (Å²) in [5.41, 5.74) is 0. The second kappa shape index (κ2) is 3.69. The van der Waals surface area contributed by atoms with Gasteiger partial charge in [0.25, 0.3) is 10.0 Å². The van der Waals surface area contributed by atoms with E-state index in [4.69, 9.17) is 10.2 Å². The van der Waals surface area contributed by atoms with Crippen molar-refractivity contribution in [1.29, 1.82) is 0 Å². The Hall–Kier alpha value is -1.53. The summed E-state index contributed by atoms with van der Waals surface area (Å²) in [5, 5.41) is 21.9. The highest BCUT2D eigenvalue weighted by atomic mass is 32.2. The van der Waals surface area contributed by atoms with Crippen molar-refractivity contribution in [2.75, 3.05) is 0 Å². The van der Waals surface area contributed by atoms with Gasteiger partial charge >= 0.3 is 0 Å². The van der Waals surface area contributed by atoms with Crippen molar-refractivity contribution in [2.45, 2.75) is 0 Å². The lowest BCUT2D eigenvalue weighted by Crippen LogP contribution is -2.31. The molecule has 0 bridgehead atoms. The van der Waals surface area contributed by atoms with Crippen molar-refractivity contribution in [3.8, 4) is 0 Å². The van der Waals surface area contributed by atoms with Gasteiger partial charge in [-0.25, -0.2) is 13.6 Å². The predicted octanol–water partition coefficient (Wildman–Crippen LogP) is -1.11. The van der Waals surface area contributed by atoms with Crippen molar-refractivity contribution in [3.63, 3.8) is 0 Å². The summed E-state index contributed by atoms with van der Waals surface area (Å²) < 4.78 is 21.6. The van der Waals surface area contributed by atoms with Crippen LogP contribution in [0.4, 0.5) is 0 Å². The largest absolute Gasteiger partial charge is 0.515 e. The quantitative estimate of drug-likeness (QED) is 0.553. The first-order chi connectivity index (χ1) is 6.46. The van der Waals surface area contributed by atoms with E-state index in [0.717, 1.165) is 0 Å². The Labute approximate surface area is 80.5 Å². The molecule has 1 rings (SSSR count). The van der Waals surface area contributed by atoms with Gasteiger partial charge in [-0.2, -0.15) is 0 Å². The minimum absolute atomic E-state index is 0.0301. The molecule has 14 heavy (non-hydrogen) atoms. The van der Waals surface area contributed by atoms with Gasteiger partial charge in [-0.3, -0.25) is 0 Å². The van der Waals surface area contributed by atoms with Gasteiger partial charge in [-0.15, -0.1) is 0 Å². The van der Waals surface area contributed by atoms with E-state index in [0.29, 0.717) is 6.26 Å². The summed E-state index contributed by atoms with van der Waals surface area (Å²) in [7, 11) is -4.15. The van der Waals surface area contributed by atoms with Crippen LogP contribution >= 0.6 is 0 Å². The molecule has 0 fully saturated rings. The summed E-state index contributed by atoms with van der Waals surface area (Å²) >= 11 is 0. The normalized spacial score (nSPS) is 15.4. The van der Waals surface area contributed by atoms with Crippen molar-refractivity contribution >= 4 is 21.4 Å². The maximum absolute atomic E-state index is 10.8. The molecule has 0 heterocycles.